The molecule has 2 N–H and O–H groups in total. The van der Waals surface area contributed by atoms with Gasteiger partial charge in [0.25, 0.3) is 0 Å². The highest BCUT2D eigenvalue weighted by molar-refractivity contribution is 6.02. The third-order valence-electron chi connectivity index (χ3n) is 4.63. The zero-order valence-corrected chi connectivity index (χ0v) is 12.9. The van der Waals surface area contributed by atoms with Gasteiger partial charge in [-0.15, -0.1) is 0 Å². The Morgan fingerprint density at radius 2 is 1.73 bits per heavy atom. The van der Waals surface area contributed by atoms with E-state index in [4.69, 9.17) is 5.11 Å². The summed E-state index contributed by atoms with van der Waals surface area (Å²) in [5.74, 6) is -1.50. The van der Waals surface area contributed by atoms with Crippen LogP contribution in [0.15, 0.2) is 18.2 Å². The Morgan fingerprint density at radius 3 is 2.36 bits per heavy atom. The molecule has 0 unspecified atom stereocenters. The highest BCUT2D eigenvalue weighted by Crippen LogP contribution is 2.28. The van der Waals surface area contributed by atoms with Crippen LogP contribution in [0.3, 0.4) is 0 Å². The number of benzene rings is 1. The van der Waals surface area contributed by atoms with Crippen molar-refractivity contribution in [1.29, 1.82) is 0 Å². The highest BCUT2D eigenvalue weighted by atomic mass is 16.4. The molecular formula is C18H24O4. The van der Waals surface area contributed by atoms with Gasteiger partial charge in [-0.1, -0.05) is 57.1 Å². The minimum Gasteiger partial charge on any atom is -0.478 e. The quantitative estimate of drug-likeness (QED) is 0.733. The van der Waals surface area contributed by atoms with E-state index in [1.165, 1.54) is 44.6 Å². The zero-order valence-electron chi connectivity index (χ0n) is 12.9. The van der Waals surface area contributed by atoms with Crippen molar-refractivity contribution in [3.8, 4) is 0 Å². The Bertz CT molecular complexity index is 530. The first-order valence-corrected chi connectivity index (χ1v) is 8.18. The number of carboxylic acids is 2. The summed E-state index contributed by atoms with van der Waals surface area (Å²) >= 11 is 0. The summed E-state index contributed by atoms with van der Waals surface area (Å²) in [6.45, 7) is 0. The van der Waals surface area contributed by atoms with Gasteiger partial charge in [0.15, 0.2) is 0 Å². The highest BCUT2D eigenvalue weighted by Gasteiger charge is 2.19. The largest absolute Gasteiger partial charge is 0.478 e. The molecule has 0 aliphatic heterocycles. The maximum atomic E-state index is 11.4. The molecule has 0 amide bonds. The van der Waals surface area contributed by atoms with Gasteiger partial charge in [-0.05, 0) is 30.4 Å². The molecule has 1 fully saturated rings. The normalized spacial score (nSPS) is 15.6. The summed E-state index contributed by atoms with van der Waals surface area (Å²) in [6.07, 6.45) is 10.5. The second kappa shape index (κ2) is 7.97. The van der Waals surface area contributed by atoms with Crippen molar-refractivity contribution in [3.63, 3.8) is 0 Å². The van der Waals surface area contributed by atoms with E-state index in [2.05, 4.69) is 0 Å². The fourth-order valence-electron chi connectivity index (χ4n) is 3.46. The van der Waals surface area contributed by atoms with E-state index in [-0.39, 0.29) is 11.1 Å². The lowest BCUT2D eigenvalue weighted by molar-refractivity contribution is 0.0650. The molecule has 1 aromatic carbocycles. The summed E-state index contributed by atoms with van der Waals surface area (Å²) in [4.78, 5) is 22.5. The third kappa shape index (κ3) is 4.33. The van der Waals surface area contributed by atoms with Crippen molar-refractivity contribution in [2.45, 2.75) is 57.8 Å². The molecule has 0 heterocycles. The summed E-state index contributed by atoms with van der Waals surface area (Å²) in [7, 11) is 0. The van der Waals surface area contributed by atoms with Gasteiger partial charge in [0.1, 0.15) is 0 Å². The molecule has 0 spiro atoms. The Balaban J connectivity index is 1.93. The van der Waals surface area contributed by atoms with Crippen LogP contribution in [-0.2, 0) is 6.42 Å². The van der Waals surface area contributed by atoms with Gasteiger partial charge in [-0.3, -0.25) is 0 Å². The molecule has 120 valence electrons. The van der Waals surface area contributed by atoms with Gasteiger partial charge in [0.2, 0.25) is 0 Å². The Kier molecular flexibility index (Phi) is 5.99. The SMILES string of the molecule is O=C(O)c1cccc(CCCCC2CCCCC2)c1C(=O)O. The van der Waals surface area contributed by atoms with Crippen molar-refractivity contribution < 1.29 is 19.8 Å². The maximum Gasteiger partial charge on any atom is 0.336 e. The van der Waals surface area contributed by atoms with Gasteiger partial charge in [-0.25, -0.2) is 9.59 Å². The number of carbonyl (C=O) groups is 2. The topological polar surface area (TPSA) is 74.6 Å². The van der Waals surface area contributed by atoms with E-state index >= 15 is 0 Å². The molecule has 0 aromatic heterocycles. The molecule has 0 atom stereocenters. The molecular weight excluding hydrogens is 280 g/mol. The van der Waals surface area contributed by atoms with Gasteiger partial charge in [0, 0.05) is 0 Å². The summed E-state index contributed by atoms with van der Waals surface area (Å²) < 4.78 is 0. The maximum absolute atomic E-state index is 11.4. The molecule has 1 saturated carbocycles. The van der Waals surface area contributed by atoms with Crippen LogP contribution in [0, 0.1) is 5.92 Å². The average molecular weight is 304 g/mol. The minimum atomic E-state index is -1.18. The third-order valence-corrected chi connectivity index (χ3v) is 4.63. The number of hydrogen-bond donors (Lipinski definition) is 2. The van der Waals surface area contributed by atoms with E-state index in [1.807, 2.05) is 0 Å². The number of aryl methyl sites for hydroxylation is 1. The van der Waals surface area contributed by atoms with Crippen molar-refractivity contribution in [3.05, 3.63) is 34.9 Å². The fraction of sp³-hybridized carbons (Fsp3) is 0.556. The van der Waals surface area contributed by atoms with E-state index in [1.54, 1.807) is 12.1 Å². The minimum absolute atomic E-state index is 0.0485. The molecule has 1 aliphatic carbocycles. The molecule has 1 aliphatic rings. The van der Waals surface area contributed by atoms with Crippen LogP contribution < -0.4 is 0 Å². The summed E-state index contributed by atoms with van der Waals surface area (Å²) in [6, 6.07) is 4.72. The summed E-state index contributed by atoms with van der Waals surface area (Å²) in [5, 5.41) is 18.4. The van der Waals surface area contributed by atoms with E-state index in [0.29, 0.717) is 12.0 Å². The molecule has 4 heteroatoms. The van der Waals surface area contributed by atoms with Crippen molar-refractivity contribution in [1.82, 2.24) is 0 Å². The monoisotopic (exact) mass is 304 g/mol. The van der Waals surface area contributed by atoms with Crippen molar-refractivity contribution in [2.24, 2.45) is 5.92 Å². The van der Waals surface area contributed by atoms with Crippen LogP contribution >= 0.6 is 0 Å². The lowest BCUT2D eigenvalue weighted by Gasteiger charge is -2.21. The summed E-state index contributed by atoms with van der Waals surface area (Å²) in [5.41, 5.74) is 0.473. The first kappa shape index (κ1) is 16.5. The van der Waals surface area contributed by atoms with Crippen LogP contribution in [0.5, 0.6) is 0 Å². The van der Waals surface area contributed by atoms with Crippen LogP contribution in [0.25, 0.3) is 0 Å². The molecule has 1 aromatic rings. The number of aromatic carboxylic acids is 2. The lowest BCUT2D eigenvalue weighted by Crippen LogP contribution is -2.11. The first-order chi connectivity index (χ1) is 10.6. The fourth-order valence-corrected chi connectivity index (χ4v) is 3.46. The number of rotatable bonds is 7. The Hall–Kier alpha value is -1.84. The number of carboxylic acid groups (broad SMARTS) is 2. The predicted molar refractivity (Wildman–Crippen MR) is 84.5 cm³/mol. The Labute approximate surface area is 131 Å². The van der Waals surface area contributed by atoms with E-state index < -0.39 is 11.9 Å². The van der Waals surface area contributed by atoms with Crippen molar-refractivity contribution >= 4 is 11.9 Å². The van der Waals surface area contributed by atoms with Gasteiger partial charge in [0.05, 0.1) is 11.1 Å². The molecule has 0 radical (unpaired) electrons. The van der Waals surface area contributed by atoms with Gasteiger partial charge < -0.3 is 10.2 Å². The lowest BCUT2D eigenvalue weighted by atomic mass is 9.85. The van der Waals surface area contributed by atoms with Crippen molar-refractivity contribution in [2.75, 3.05) is 0 Å². The molecule has 0 saturated heterocycles. The van der Waals surface area contributed by atoms with Gasteiger partial charge in [-0.2, -0.15) is 0 Å². The standard InChI is InChI=1S/C18H24O4/c19-17(20)15-12-6-11-14(16(15)18(21)22)10-5-4-9-13-7-2-1-3-8-13/h6,11-13H,1-5,7-10H2,(H,19,20)(H,21,22). The first-order valence-electron chi connectivity index (χ1n) is 8.18. The van der Waals surface area contributed by atoms with Crippen LogP contribution in [0.2, 0.25) is 0 Å². The van der Waals surface area contributed by atoms with Crippen LogP contribution in [0.4, 0.5) is 0 Å². The van der Waals surface area contributed by atoms with Gasteiger partial charge >= 0.3 is 11.9 Å². The molecule has 0 bridgehead atoms. The zero-order chi connectivity index (χ0) is 15.9. The second-order valence-corrected chi connectivity index (χ2v) is 6.20. The van der Waals surface area contributed by atoms with E-state index in [0.717, 1.165) is 18.8 Å². The van der Waals surface area contributed by atoms with Crippen LogP contribution in [0.1, 0.15) is 77.6 Å². The predicted octanol–water partition coefficient (Wildman–Crippen LogP) is 4.38. The Morgan fingerprint density at radius 1 is 1.00 bits per heavy atom. The number of unbranched alkanes of at least 4 members (excludes halogenated alkanes) is 1. The average Bonchev–Trinajstić information content (AvgIpc) is 2.52. The molecule has 2 rings (SSSR count). The smallest absolute Gasteiger partial charge is 0.336 e. The number of hydrogen-bond acceptors (Lipinski definition) is 2. The molecule has 4 nitrogen and oxygen atoms in total. The second-order valence-electron chi connectivity index (χ2n) is 6.20. The van der Waals surface area contributed by atoms with E-state index in [9.17, 15) is 14.7 Å². The van der Waals surface area contributed by atoms with Crippen LogP contribution in [-0.4, -0.2) is 22.2 Å². The molecule has 22 heavy (non-hydrogen) atoms.